The minimum absolute atomic E-state index is 0.371. The minimum atomic E-state index is -3.36. The summed E-state index contributed by atoms with van der Waals surface area (Å²) >= 11 is 10.8. The Morgan fingerprint density at radius 1 is 1.36 bits per heavy atom. The first-order valence-electron chi connectivity index (χ1n) is 5.08. The molecular formula is C9H19Cl2O2P. The quantitative estimate of drug-likeness (QED) is 0.681. The predicted molar refractivity (Wildman–Crippen MR) is 63.2 cm³/mol. The van der Waals surface area contributed by atoms with Gasteiger partial charge in [0, 0.05) is 0 Å². The molecule has 0 bridgehead atoms. The van der Waals surface area contributed by atoms with Gasteiger partial charge in [-0.1, -0.05) is 39.5 Å². The standard InChI is InChI=1S/C9H19Cl2O2P/c1-3-5-6-8(4-2)7-9(12)14(10,11)13/h8-9,12H,3-7H2,1-2H3. The van der Waals surface area contributed by atoms with Crippen molar-refractivity contribution in [1.29, 1.82) is 0 Å². The van der Waals surface area contributed by atoms with E-state index in [0.717, 1.165) is 25.7 Å². The first-order chi connectivity index (χ1) is 6.41. The molecule has 86 valence electrons. The molecule has 0 aromatic rings. The summed E-state index contributed by atoms with van der Waals surface area (Å²) < 4.78 is 11.1. The lowest BCUT2D eigenvalue weighted by molar-refractivity contribution is 0.207. The van der Waals surface area contributed by atoms with Crippen LogP contribution in [0.15, 0.2) is 0 Å². The molecule has 0 saturated carbocycles. The SMILES string of the molecule is CCCCC(CC)CC(O)P(=O)(Cl)Cl. The molecule has 0 spiro atoms. The lowest BCUT2D eigenvalue weighted by Gasteiger charge is -2.18. The van der Waals surface area contributed by atoms with E-state index in [2.05, 4.69) is 13.8 Å². The predicted octanol–water partition coefficient (Wildman–Crippen LogP) is 4.58. The van der Waals surface area contributed by atoms with Gasteiger partial charge >= 0.3 is 0 Å². The summed E-state index contributed by atoms with van der Waals surface area (Å²) in [6.45, 7) is 4.18. The molecule has 14 heavy (non-hydrogen) atoms. The van der Waals surface area contributed by atoms with Gasteiger partial charge < -0.3 is 5.11 Å². The topological polar surface area (TPSA) is 37.3 Å². The molecule has 0 radical (unpaired) electrons. The molecule has 0 aliphatic heterocycles. The van der Waals surface area contributed by atoms with Crippen LogP contribution in [0.3, 0.4) is 0 Å². The summed E-state index contributed by atoms with van der Waals surface area (Å²) in [6, 6.07) is 0. The van der Waals surface area contributed by atoms with Gasteiger partial charge in [0.25, 0.3) is 5.85 Å². The highest BCUT2D eigenvalue weighted by Gasteiger charge is 2.28. The average Bonchev–Trinajstić information content (AvgIpc) is 2.10. The number of rotatable bonds is 7. The molecule has 0 aliphatic carbocycles. The second-order valence-corrected chi connectivity index (χ2v) is 8.77. The molecule has 0 amide bonds. The van der Waals surface area contributed by atoms with Crippen molar-refractivity contribution in [3.05, 3.63) is 0 Å². The normalized spacial score (nSPS) is 16.6. The number of aliphatic hydroxyl groups excluding tert-OH is 1. The highest BCUT2D eigenvalue weighted by atomic mass is 35.9. The highest BCUT2D eigenvalue weighted by Crippen LogP contribution is 2.61. The largest absolute Gasteiger partial charge is 0.383 e. The van der Waals surface area contributed by atoms with Gasteiger partial charge in [-0.15, -0.1) is 0 Å². The number of unbranched alkanes of at least 4 members (excludes halogenated alkanes) is 1. The molecule has 0 heterocycles. The van der Waals surface area contributed by atoms with Crippen molar-refractivity contribution in [1.82, 2.24) is 0 Å². The van der Waals surface area contributed by atoms with Crippen molar-refractivity contribution in [2.75, 3.05) is 0 Å². The van der Waals surface area contributed by atoms with Crippen LogP contribution in [0, 0.1) is 5.92 Å². The van der Waals surface area contributed by atoms with Gasteiger partial charge in [0.15, 0.2) is 0 Å². The summed E-state index contributed by atoms with van der Waals surface area (Å²) in [6.07, 6.45) is 4.70. The van der Waals surface area contributed by atoms with E-state index in [-0.39, 0.29) is 0 Å². The van der Waals surface area contributed by atoms with Gasteiger partial charge in [0.05, 0.1) is 0 Å². The molecule has 0 rings (SSSR count). The summed E-state index contributed by atoms with van der Waals surface area (Å²) in [5, 5.41) is 9.46. The summed E-state index contributed by atoms with van der Waals surface area (Å²) in [5.41, 5.74) is 0. The van der Waals surface area contributed by atoms with Crippen LogP contribution in [-0.4, -0.2) is 11.0 Å². The zero-order valence-electron chi connectivity index (χ0n) is 8.75. The van der Waals surface area contributed by atoms with Gasteiger partial charge in [0.2, 0.25) is 0 Å². The molecular weight excluding hydrogens is 242 g/mol. The maximum atomic E-state index is 11.1. The Kier molecular flexibility index (Phi) is 7.50. The number of aliphatic hydroxyl groups is 1. The molecule has 5 heteroatoms. The van der Waals surface area contributed by atoms with Gasteiger partial charge in [-0.3, -0.25) is 4.57 Å². The van der Waals surface area contributed by atoms with E-state index >= 15 is 0 Å². The second kappa shape index (κ2) is 7.11. The fourth-order valence-corrected chi connectivity index (χ4v) is 2.42. The van der Waals surface area contributed by atoms with Crippen LogP contribution in [-0.2, 0) is 4.57 Å². The van der Waals surface area contributed by atoms with Crippen molar-refractivity contribution in [2.45, 2.75) is 51.8 Å². The molecule has 2 nitrogen and oxygen atoms in total. The summed E-state index contributed by atoms with van der Waals surface area (Å²) in [7, 11) is 0. The Balaban J connectivity index is 3.98. The summed E-state index contributed by atoms with van der Waals surface area (Å²) in [5.74, 6) is -4.05. The van der Waals surface area contributed by atoms with E-state index in [1.807, 2.05) is 0 Å². The van der Waals surface area contributed by atoms with Crippen molar-refractivity contribution in [3.63, 3.8) is 0 Å². The fourth-order valence-electron chi connectivity index (χ4n) is 1.40. The van der Waals surface area contributed by atoms with E-state index in [4.69, 9.17) is 22.5 Å². The van der Waals surface area contributed by atoms with Crippen molar-refractivity contribution >= 4 is 28.3 Å². The summed E-state index contributed by atoms with van der Waals surface area (Å²) in [4.78, 5) is 0. The Hall–Kier alpha value is 0.770. The Morgan fingerprint density at radius 2 is 1.93 bits per heavy atom. The van der Waals surface area contributed by atoms with Gasteiger partial charge in [-0.05, 0) is 34.8 Å². The smallest absolute Gasteiger partial charge is 0.280 e. The minimum Gasteiger partial charge on any atom is -0.383 e. The third-order valence-corrected chi connectivity index (χ3v) is 4.69. The zero-order chi connectivity index (χ0) is 11.2. The molecule has 0 aliphatic rings. The number of hydrogen-bond donors (Lipinski definition) is 1. The third-order valence-electron chi connectivity index (χ3n) is 2.43. The maximum absolute atomic E-state index is 11.1. The van der Waals surface area contributed by atoms with Crippen LogP contribution in [0.1, 0.15) is 46.0 Å². The Morgan fingerprint density at radius 3 is 2.29 bits per heavy atom. The lowest BCUT2D eigenvalue weighted by atomic mass is 9.96. The van der Waals surface area contributed by atoms with E-state index < -0.39 is 11.7 Å². The lowest BCUT2D eigenvalue weighted by Crippen LogP contribution is -2.10. The third kappa shape index (κ3) is 6.29. The van der Waals surface area contributed by atoms with Gasteiger partial charge in [-0.25, -0.2) is 0 Å². The first-order valence-corrected chi connectivity index (χ1v) is 8.67. The van der Waals surface area contributed by atoms with Crippen LogP contribution in [0.4, 0.5) is 0 Å². The van der Waals surface area contributed by atoms with Gasteiger partial charge in [0.1, 0.15) is 5.85 Å². The monoisotopic (exact) mass is 260 g/mol. The van der Waals surface area contributed by atoms with Crippen molar-refractivity contribution in [2.24, 2.45) is 5.92 Å². The Bertz CT molecular complexity index is 193. The molecule has 0 aromatic carbocycles. The van der Waals surface area contributed by atoms with E-state index in [0.29, 0.717) is 12.3 Å². The van der Waals surface area contributed by atoms with Crippen molar-refractivity contribution < 1.29 is 9.67 Å². The Labute approximate surface area is 95.9 Å². The van der Waals surface area contributed by atoms with E-state index in [1.165, 1.54) is 0 Å². The molecule has 2 unspecified atom stereocenters. The second-order valence-electron chi connectivity index (χ2n) is 3.64. The van der Waals surface area contributed by atoms with Crippen molar-refractivity contribution in [3.8, 4) is 0 Å². The molecule has 0 saturated heterocycles. The first kappa shape index (κ1) is 14.8. The van der Waals surface area contributed by atoms with E-state index in [9.17, 15) is 9.67 Å². The molecule has 2 atom stereocenters. The molecule has 0 aromatic heterocycles. The van der Waals surface area contributed by atoms with Crippen LogP contribution in [0.5, 0.6) is 0 Å². The highest BCUT2D eigenvalue weighted by molar-refractivity contribution is 8.08. The average molecular weight is 261 g/mol. The zero-order valence-corrected chi connectivity index (χ0v) is 11.2. The van der Waals surface area contributed by atoms with Crippen LogP contribution in [0.25, 0.3) is 0 Å². The maximum Gasteiger partial charge on any atom is 0.280 e. The van der Waals surface area contributed by atoms with Crippen LogP contribution < -0.4 is 0 Å². The van der Waals surface area contributed by atoms with E-state index in [1.54, 1.807) is 0 Å². The molecule has 1 N–H and O–H groups in total. The fraction of sp³-hybridized carbons (Fsp3) is 1.00. The van der Waals surface area contributed by atoms with Crippen LogP contribution >= 0.6 is 28.3 Å². The van der Waals surface area contributed by atoms with Gasteiger partial charge in [-0.2, -0.15) is 0 Å². The van der Waals surface area contributed by atoms with Crippen LogP contribution in [0.2, 0.25) is 0 Å². The molecule has 0 fully saturated rings. The number of hydrogen-bond acceptors (Lipinski definition) is 2. The number of halogens is 2.